The third-order valence-corrected chi connectivity index (χ3v) is 4.22. The van der Waals surface area contributed by atoms with E-state index in [2.05, 4.69) is 58.9 Å². The summed E-state index contributed by atoms with van der Waals surface area (Å²) < 4.78 is 0. The number of nitrogens with two attached hydrogens (primary N) is 1. The summed E-state index contributed by atoms with van der Waals surface area (Å²) in [5.41, 5.74) is 9.45. The molecule has 0 fully saturated rings. The highest BCUT2D eigenvalue weighted by molar-refractivity contribution is 5.28. The Kier molecular flexibility index (Phi) is 6.75. The molecule has 1 rings (SSSR count). The Morgan fingerprint density at radius 2 is 1.45 bits per heavy atom. The standard InChI is InChI=1S/C19H33N/c1-6-8-16(9-7-2)18(20)14-15-10-12-17(13-11-15)19(3,4)5/h10-13,16,18H,6-9,14,20H2,1-5H3. The van der Waals surface area contributed by atoms with Gasteiger partial charge in [0.05, 0.1) is 0 Å². The molecule has 2 N–H and O–H groups in total. The maximum absolute atomic E-state index is 6.45. The van der Waals surface area contributed by atoms with Crippen molar-refractivity contribution in [3.8, 4) is 0 Å². The molecule has 0 aliphatic heterocycles. The molecule has 1 atom stereocenters. The molecule has 114 valence electrons. The summed E-state index contributed by atoms with van der Waals surface area (Å²) in [7, 11) is 0. The summed E-state index contributed by atoms with van der Waals surface area (Å²) in [5, 5.41) is 0. The van der Waals surface area contributed by atoms with Gasteiger partial charge in [0, 0.05) is 6.04 Å². The van der Waals surface area contributed by atoms with E-state index in [0.29, 0.717) is 12.0 Å². The predicted molar refractivity (Wildman–Crippen MR) is 90.1 cm³/mol. The lowest BCUT2D eigenvalue weighted by Crippen LogP contribution is -2.32. The normalized spacial score (nSPS) is 13.8. The molecule has 1 aromatic carbocycles. The van der Waals surface area contributed by atoms with Crippen LogP contribution in [0.4, 0.5) is 0 Å². The van der Waals surface area contributed by atoms with E-state index in [4.69, 9.17) is 5.73 Å². The van der Waals surface area contributed by atoms with Gasteiger partial charge in [-0.15, -0.1) is 0 Å². The Morgan fingerprint density at radius 1 is 0.950 bits per heavy atom. The van der Waals surface area contributed by atoms with E-state index >= 15 is 0 Å². The molecular weight excluding hydrogens is 242 g/mol. The van der Waals surface area contributed by atoms with Crippen LogP contribution in [0, 0.1) is 5.92 Å². The second-order valence-corrected chi connectivity index (χ2v) is 7.15. The lowest BCUT2D eigenvalue weighted by molar-refractivity contribution is 0.360. The van der Waals surface area contributed by atoms with Crippen LogP contribution in [0.25, 0.3) is 0 Å². The first-order chi connectivity index (χ1) is 9.38. The van der Waals surface area contributed by atoms with E-state index in [-0.39, 0.29) is 5.41 Å². The SMILES string of the molecule is CCCC(CCC)C(N)Cc1ccc(C(C)(C)C)cc1. The quantitative estimate of drug-likeness (QED) is 0.738. The Hall–Kier alpha value is -0.820. The average Bonchev–Trinajstić information content (AvgIpc) is 2.38. The van der Waals surface area contributed by atoms with Crippen LogP contribution >= 0.6 is 0 Å². The third kappa shape index (κ3) is 5.28. The van der Waals surface area contributed by atoms with Gasteiger partial charge < -0.3 is 5.73 Å². The second-order valence-electron chi connectivity index (χ2n) is 7.15. The summed E-state index contributed by atoms with van der Waals surface area (Å²) in [6, 6.07) is 9.34. The molecule has 0 radical (unpaired) electrons. The van der Waals surface area contributed by atoms with Crippen LogP contribution in [0.2, 0.25) is 0 Å². The number of hydrogen-bond acceptors (Lipinski definition) is 1. The fourth-order valence-corrected chi connectivity index (χ4v) is 2.89. The van der Waals surface area contributed by atoms with Crippen LogP contribution < -0.4 is 5.73 Å². The van der Waals surface area contributed by atoms with Gasteiger partial charge in [0.15, 0.2) is 0 Å². The largest absolute Gasteiger partial charge is 0.327 e. The summed E-state index contributed by atoms with van der Waals surface area (Å²) >= 11 is 0. The van der Waals surface area contributed by atoms with Crippen molar-refractivity contribution in [2.24, 2.45) is 11.7 Å². The van der Waals surface area contributed by atoms with Crippen molar-refractivity contribution < 1.29 is 0 Å². The summed E-state index contributed by atoms with van der Waals surface area (Å²) in [5.74, 6) is 0.673. The zero-order valence-corrected chi connectivity index (χ0v) is 14.1. The minimum absolute atomic E-state index is 0.230. The zero-order chi connectivity index (χ0) is 15.2. The molecule has 1 heteroatoms. The average molecular weight is 275 g/mol. The summed E-state index contributed by atoms with van der Waals surface area (Å²) in [6.07, 6.45) is 6.00. The van der Waals surface area contributed by atoms with Crippen LogP contribution in [-0.2, 0) is 11.8 Å². The molecule has 1 aromatic rings. The summed E-state index contributed by atoms with van der Waals surface area (Å²) in [6.45, 7) is 11.3. The van der Waals surface area contributed by atoms with Crippen molar-refractivity contribution in [3.63, 3.8) is 0 Å². The molecule has 0 saturated heterocycles. The highest BCUT2D eigenvalue weighted by atomic mass is 14.6. The van der Waals surface area contributed by atoms with E-state index in [1.165, 1.54) is 36.8 Å². The first-order valence-corrected chi connectivity index (χ1v) is 8.23. The van der Waals surface area contributed by atoms with Crippen LogP contribution in [0.1, 0.15) is 71.4 Å². The van der Waals surface area contributed by atoms with Gasteiger partial charge in [-0.25, -0.2) is 0 Å². The van der Waals surface area contributed by atoms with Crippen LogP contribution in [-0.4, -0.2) is 6.04 Å². The molecule has 20 heavy (non-hydrogen) atoms. The first kappa shape index (κ1) is 17.2. The Balaban J connectivity index is 2.67. The van der Waals surface area contributed by atoms with Crippen molar-refractivity contribution >= 4 is 0 Å². The second kappa shape index (κ2) is 7.83. The molecular formula is C19H33N. The molecule has 0 aliphatic rings. The van der Waals surface area contributed by atoms with Crippen LogP contribution in [0.5, 0.6) is 0 Å². The highest BCUT2D eigenvalue weighted by Crippen LogP contribution is 2.24. The van der Waals surface area contributed by atoms with Crippen molar-refractivity contribution in [1.29, 1.82) is 0 Å². The van der Waals surface area contributed by atoms with Gasteiger partial charge in [-0.1, -0.05) is 71.7 Å². The minimum atomic E-state index is 0.230. The maximum Gasteiger partial charge on any atom is 0.0108 e. The van der Waals surface area contributed by atoms with Crippen molar-refractivity contribution in [2.45, 2.75) is 78.2 Å². The Morgan fingerprint density at radius 3 is 1.85 bits per heavy atom. The number of hydrogen-bond donors (Lipinski definition) is 1. The predicted octanol–water partition coefficient (Wildman–Crippen LogP) is 5.07. The molecule has 0 heterocycles. The van der Waals surface area contributed by atoms with Crippen molar-refractivity contribution in [3.05, 3.63) is 35.4 Å². The first-order valence-electron chi connectivity index (χ1n) is 8.23. The van der Waals surface area contributed by atoms with Gasteiger partial charge in [0.2, 0.25) is 0 Å². The van der Waals surface area contributed by atoms with Crippen molar-refractivity contribution in [2.75, 3.05) is 0 Å². The van der Waals surface area contributed by atoms with Crippen LogP contribution in [0.15, 0.2) is 24.3 Å². The van der Waals surface area contributed by atoms with Gasteiger partial charge in [0.1, 0.15) is 0 Å². The lowest BCUT2D eigenvalue weighted by Gasteiger charge is -2.24. The Bertz CT molecular complexity index is 366. The minimum Gasteiger partial charge on any atom is -0.327 e. The zero-order valence-electron chi connectivity index (χ0n) is 14.1. The highest BCUT2D eigenvalue weighted by Gasteiger charge is 2.17. The van der Waals surface area contributed by atoms with E-state index < -0.39 is 0 Å². The third-order valence-electron chi connectivity index (χ3n) is 4.22. The van der Waals surface area contributed by atoms with Gasteiger partial charge in [0.25, 0.3) is 0 Å². The summed E-state index contributed by atoms with van der Waals surface area (Å²) in [4.78, 5) is 0. The molecule has 0 aliphatic carbocycles. The number of benzene rings is 1. The molecule has 1 nitrogen and oxygen atoms in total. The lowest BCUT2D eigenvalue weighted by atomic mass is 9.84. The monoisotopic (exact) mass is 275 g/mol. The molecule has 0 amide bonds. The van der Waals surface area contributed by atoms with E-state index in [0.717, 1.165) is 6.42 Å². The topological polar surface area (TPSA) is 26.0 Å². The smallest absolute Gasteiger partial charge is 0.0108 e. The molecule has 0 bridgehead atoms. The number of rotatable bonds is 7. The van der Waals surface area contributed by atoms with Gasteiger partial charge >= 0.3 is 0 Å². The van der Waals surface area contributed by atoms with E-state index in [9.17, 15) is 0 Å². The van der Waals surface area contributed by atoms with Crippen LogP contribution in [0.3, 0.4) is 0 Å². The molecule has 0 aromatic heterocycles. The van der Waals surface area contributed by atoms with E-state index in [1.54, 1.807) is 0 Å². The Labute approximate surface area is 126 Å². The van der Waals surface area contributed by atoms with Gasteiger partial charge in [-0.3, -0.25) is 0 Å². The van der Waals surface area contributed by atoms with E-state index in [1.807, 2.05) is 0 Å². The van der Waals surface area contributed by atoms with Gasteiger partial charge in [-0.2, -0.15) is 0 Å². The molecule has 0 saturated carbocycles. The fraction of sp³-hybridized carbons (Fsp3) is 0.684. The molecule has 1 unspecified atom stereocenters. The molecule has 0 spiro atoms. The van der Waals surface area contributed by atoms with Crippen molar-refractivity contribution in [1.82, 2.24) is 0 Å². The fourth-order valence-electron chi connectivity index (χ4n) is 2.89. The van der Waals surface area contributed by atoms with Gasteiger partial charge in [-0.05, 0) is 41.7 Å². The maximum atomic E-state index is 6.45.